The van der Waals surface area contributed by atoms with Crippen LogP contribution in [-0.4, -0.2) is 75.8 Å². The van der Waals surface area contributed by atoms with Gasteiger partial charge in [0.15, 0.2) is 0 Å². The molecule has 14 nitrogen and oxygen atoms in total. The van der Waals surface area contributed by atoms with Crippen molar-refractivity contribution in [1.29, 1.82) is 0 Å². The number of amides is 3. The number of nitrogens with zero attached hydrogens (tertiary/aromatic N) is 5. The van der Waals surface area contributed by atoms with E-state index in [1.165, 1.54) is 4.90 Å². The number of hydrogen-bond acceptors (Lipinski definition) is 10. The number of amidine groups is 1. The molecule has 3 rings (SSSR count). The van der Waals surface area contributed by atoms with Crippen LogP contribution in [0.25, 0.3) is 0 Å². The quantitative estimate of drug-likeness (QED) is 0.346. The van der Waals surface area contributed by atoms with Crippen molar-refractivity contribution >= 4 is 28.4 Å². The summed E-state index contributed by atoms with van der Waals surface area (Å²) in [5.41, 5.74) is -0.615. The van der Waals surface area contributed by atoms with Crippen LogP contribution < -0.4 is 5.32 Å². The van der Waals surface area contributed by atoms with Gasteiger partial charge in [-0.1, -0.05) is 0 Å². The summed E-state index contributed by atoms with van der Waals surface area (Å²) in [6.45, 7) is 7.38. The number of carbonyl (C=O) groups excluding carboxylic acids is 2. The highest BCUT2D eigenvalue weighted by Crippen LogP contribution is 2.38. The van der Waals surface area contributed by atoms with Gasteiger partial charge in [-0.2, -0.15) is 13.5 Å². The summed E-state index contributed by atoms with van der Waals surface area (Å²) >= 11 is 0. The van der Waals surface area contributed by atoms with Crippen LogP contribution in [0.2, 0.25) is 0 Å². The number of carbonyl (C=O) groups is 2. The second-order valence-corrected chi connectivity index (χ2v) is 9.39. The first-order chi connectivity index (χ1) is 14.8. The highest BCUT2D eigenvalue weighted by molar-refractivity contribution is 7.80. The van der Waals surface area contributed by atoms with Gasteiger partial charge in [0.05, 0.1) is 6.04 Å². The predicted molar refractivity (Wildman–Crippen MR) is 108 cm³/mol. The maximum Gasteiger partial charge on any atom is 0.418 e. The van der Waals surface area contributed by atoms with Crippen molar-refractivity contribution in [2.24, 2.45) is 4.99 Å². The number of hydroxylamine groups is 2. The van der Waals surface area contributed by atoms with Crippen LogP contribution in [0.4, 0.5) is 9.59 Å². The molecule has 0 radical (unpaired) electrons. The van der Waals surface area contributed by atoms with Crippen LogP contribution in [0.1, 0.15) is 58.4 Å². The molecule has 3 heterocycles. The molecule has 15 heteroatoms. The molecule has 3 amide bonds. The second-order valence-electron chi connectivity index (χ2n) is 8.39. The largest absolute Gasteiger partial charge is 0.444 e. The van der Waals surface area contributed by atoms with Gasteiger partial charge in [0.1, 0.15) is 17.5 Å². The third-order valence-electron chi connectivity index (χ3n) is 4.62. The van der Waals surface area contributed by atoms with E-state index in [2.05, 4.69) is 24.8 Å². The number of alkyl carbamates (subject to hydrolysis) is 1. The number of urea groups is 1. The van der Waals surface area contributed by atoms with Crippen LogP contribution in [0.15, 0.2) is 9.41 Å². The molecule has 178 valence electrons. The smallest absolute Gasteiger partial charge is 0.418 e. The Balaban J connectivity index is 1.55. The van der Waals surface area contributed by atoms with Crippen LogP contribution >= 0.6 is 0 Å². The van der Waals surface area contributed by atoms with Crippen LogP contribution in [0, 0.1) is 0 Å². The molecule has 2 fully saturated rings. The van der Waals surface area contributed by atoms with E-state index in [4.69, 9.17) is 13.7 Å². The summed E-state index contributed by atoms with van der Waals surface area (Å²) in [7, 11) is -4.81. The van der Waals surface area contributed by atoms with Crippen LogP contribution in [0.3, 0.4) is 0 Å². The van der Waals surface area contributed by atoms with Crippen molar-refractivity contribution in [2.45, 2.75) is 64.6 Å². The minimum Gasteiger partial charge on any atom is -0.444 e. The number of nitrogens with one attached hydrogen (secondary N) is 1. The number of rotatable bonds is 6. The van der Waals surface area contributed by atoms with Gasteiger partial charge in [-0.25, -0.2) is 9.59 Å². The molecule has 0 saturated carbocycles. The van der Waals surface area contributed by atoms with Gasteiger partial charge in [-0.15, -0.1) is 14.5 Å². The Hall–Kier alpha value is -2.78. The highest BCUT2D eigenvalue weighted by Gasteiger charge is 2.49. The second kappa shape index (κ2) is 8.99. The van der Waals surface area contributed by atoms with Crippen molar-refractivity contribution in [3.8, 4) is 0 Å². The summed E-state index contributed by atoms with van der Waals surface area (Å²) in [5.74, 6) is 0.889. The van der Waals surface area contributed by atoms with Crippen molar-refractivity contribution in [2.75, 3.05) is 13.1 Å². The lowest BCUT2D eigenvalue weighted by Gasteiger charge is -2.27. The first-order valence-electron chi connectivity index (χ1n) is 9.92. The van der Waals surface area contributed by atoms with Crippen molar-refractivity contribution in [3.05, 3.63) is 11.8 Å². The zero-order chi connectivity index (χ0) is 23.7. The first-order valence-corrected chi connectivity index (χ1v) is 11.3. The van der Waals surface area contributed by atoms with Crippen molar-refractivity contribution in [1.82, 2.24) is 25.5 Å². The van der Waals surface area contributed by atoms with E-state index in [9.17, 15) is 18.0 Å². The molecule has 1 aromatic rings. The molecule has 0 spiro atoms. The normalized spacial score (nSPS) is 21.8. The number of aliphatic imine (C=N–C) groups is 1. The van der Waals surface area contributed by atoms with Gasteiger partial charge in [0, 0.05) is 19.5 Å². The predicted octanol–water partition coefficient (Wildman–Crippen LogP) is 1.23. The topological polar surface area (TPSA) is 177 Å². The van der Waals surface area contributed by atoms with Gasteiger partial charge in [0.25, 0.3) is 0 Å². The zero-order valence-corrected chi connectivity index (χ0v) is 19.0. The molecular formula is C17H26N6O8S. The number of piperidine rings is 1. The molecule has 2 aliphatic rings. The van der Waals surface area contributed by atoms with E-state index in [0.717, 1.165) is 0 Å². The van der Waals surface area contributed by atoms with E-state index in [1.807, 2.05) is 0 Å². The Bertz CT molecular complexity index is 1000. The molecule has 0 aromatic carbocycles. The maximum absolute atomic E-state index is 12.5. The van der Waals surface area contributed by atoms with Crippen LogP contribution in [-0.2, 0) is 25.8 Å². The molecule has 0 aliphatic carbocycles. The number of fused-ring (bicyclic) bond motifs is 2. The third kappa shape index (κ3) is 6.14. The van der Waals surface area contributed by atoms with Gasteiger partial charge >= 0.3 is 22.5 Å². The summed E-state index contributed by atoms with van der Waals surface area (Å²) in [6.07, 6.45) is 0.596. The fourth-order valence-electron chi connectivity index (χ4n) is 3.40. The average molecular weight is 474 g/mol. The Morgan fingerprint density at radius 2 is 2.06 bits per heavy atom. The minimum atomic E-state index is -4.81. The monoisotopic (exact) mass is 474 g/mol. The zero-order valence-electron chi connectivity index (χ0n) is 18.1. The summed E-state index contributed by atoms with van der Waals surface area (Å²) in [4.78, 5) is 29.8. The van der Waals surface area contributed by atoms with Gasteiger partial charge in [0.2, 0.25) is 11.8 Å². The fourth-order valence-corrected chi connectivity index (χ4v) is 3.79. The summed E-state index contributed by atoms with van der Waals surface area (Å²) in [5, 5.41) is 11.1. The van der Waals surface area contributed by atoms with Crippen molar-refractivity contribution < 1.29 is 36.0 Å². The molecule has 2 N–H and O–H groups in total. The first kappa shape index (κ1) is 23.9. The number of aromatic nitrogens is 2. The standard InChI is InChI=1S/C17H26N6O8S/c1-10(19-15(24)30-17(2,3)4)18-8-7-13-20-21-14(29-13)12-6-5-11-9-22(12)16(25)23(11)31-32(26,27)28/h11-12H,5-9H2,1-4H3,(H,18,19,24)(H,26,27,28)/t11-,12+/m1/s1. The maximum atomic E-state index is 12.5. The molecule has 0 unspecified atom stereocenters. The molecule has 2 aliphatic heterocycles. The van der Waals surface area contributed by atoms with Crippen LogP contribution in [0.5, 0.6) is 0 Å². The minimum absolute atomic E-state index is 0.205. The SMILES string of the molecule is CC(=NCCc1nnc([C@@H]2CC[C@@H]3CN2C(=O)N3OS(=O)(=O)O)o1)NC(=O)OC(C)(C)C. The lowest BCUT2D eigenvalue weighted by atomic mass is 10.0. The van der Waals surface area contributed by atoms with Crippen molar-refractivity contribution in [3.63, 3.8) is 0 Å². The number of ether oxygens (including phenoxy) is 1. The highest BCUT2D eigenvalue weighted by atomic mass is 32.3. The number of hydrogen-bond donors (Lipinski definition) is 2. The van der Waals surface area contributed by atoms with Gasteiger partial charge in [-0.05, 0) is 40.5 Å². The lowest BCUT2D eigenvalue weighted by Crippen LogP contribution is -2.35. The Labute approximate surface area is 184 Å². The Morgan fingerprint density at radius 1 is 1.34 bits per heavy atom. The molecule has 2 atom stereocenters. The van der Waals surface area contributed by atoms with E-state index < -0.39 is 40.2 Å². The Kier molecular flexibility index (Phi) is 6.71. The summed E-state index contributed by atoms with van der Waals surface area (Å²) in [6, 6.07) is -1.74. The average Bonchev–Trinajstić information content (AvgIpc) is 3.19. The van der Waals surface area contributed by atoms with E-state index >= 15 is 0 Å². The Morgan fingerprint density at radius 3 is 2.72 bits per heavy atom. The van der Waals surface area contributed by atoms with E-state index in [0.29, 0.717) is 36.1 Å². The van der Waals surface area contributed by atoms with E-state index in [-0.39, 0.29) is 19.0 Å². The lowest BCUT2D eigenvalue weighted by molar-refractivity contribution is -0.0317. The van der Waals surface area contributed by atoms with Gasteiger partial charge < -0.3 is 14.1 Å². The molecule has 2 bridgehead atoms. The summed E-state index contributed by atoms with van der Waals surface area (Å²) < 4.78 is 46.0. The van der Waals surface area contributed by atoms with E-state index in [1.54, 1.807) is 27.7 Å². The third-order valence-corrected chi connectivity index (χ3v) is 4.97. The molecule has 32 heavy (non-hydrogen) atoms. The molecule has 2 saturated heterocycles. The molecule has 1 aromatic heterocycles. The fraction of sp³-hybridized carbons (Fsp3) is 0.706. The molecular weight excluding hydrogens is 448 g/mol. The van der Waals surface area contributed by atoms with Gasteiger partial charge in [-0.3, -0.25) is 14.9 Å².